The number of methoxy groups -OCH3 is 2. The average Bonchev–Trinajstić information content (AvgIpc) is 3.12. The van der Waals surface area contributed by atoms with E-state index >= 15 is 0 Å². The molecule has 0 fully saturated rings. The Balaban J connectivity index is 1.85. The fraction of sp³-hybridized carbons (Fsp3) is 0.318. The van der Waals surface area contributed by atoms with Crippen molar-refractivity contribution in [2.45, 2.75) is 13.5 Å². The molecular formula is C22H24N2O6S. The van der Waals surface area contributed by atoms with E-state index in [1.54, 1.807) is 57.5 Å². The third-order valence-electron chi connectivity index (χ3n) is 4.35. The summed E-state index contributed by atoms with van der Waals surface area (Å²) in [5.74, 6) is 0.449. The number of carbonyl (C=O) groups is 2. The number of amides is 1. The van der Waals surface area contributed by atoms with Crippen LogP contribution >= 0.6 is 11.3 Å². The van der Waals surface area contributed by atoms with Crippen molar-refractivity contribution in [3.8, 4) is 11.5 Å². The van der Waals surface area contributed by atoms with Crippen molar-refractivity contribution in [3.05, 3.63) is 52.8 Å². The fourth-order valence-electron chi connectivity index (χ4n) is 2.85. The number of ether oxygens (including phenoxy) is 4. The van der Waals surface area contributed by atoms with Crippen molar-refractivity contribution < 1.29 is 28.5 Å². The lowest BCUT2D eigenvalue weighted by atomic mass is 10.2. The van der Waals surface area contributed by atoms with E-state index in [4.69, 9.17) is 18.9 Å². The van der Waals surface area contributed by atoms with Crippen LogP contribution in [-0.4, -0.2) is 50.5 Å². The van der Waals surface area contributed by atoms with Crippen molar-refractivity contribution >= 4 is 33.4 Å². The standard InChI is InChI=1S/C22H24N2O6S/c1-4-29-21(26)15-5-10-18-19(13-15)31-22(24(18)11-12-27-2)23-20(25)14-30-17-8-6-16(28-3)7-9-17/h5-10,13H,4,11-12,14H2,1-3H3. The van der Waals surface area contributed by atoms with Gasteiger partial charge in [-0.3, -0.25) is 4.79 Å². The topological polar surface area (TPSA) is 88.4 Å². The van der Waals surface area contributed by atoms with Gasteiger partial charge in [-0.25, -0.2) is 4.79 Å². The van der Waals surface area contributed by atoms with Crippen LogP contribution in [0, 0.1) is 0 Å². The normalized spacial score (nSPS) is 11.5. The molecule has 31 heavy (non-hydrogen) atoms. The third kappa shape index (κ3) is 5.71. The number of thiazole rings is 1. The first-order chi connectivity index (χ1) is 15.0. The minimum absolute atomic E-state index is 0.196. The summed E-state index contributed by atoms with van der Waals surface area (Å²) < 4.78 is 23.6. The van der Waals surface area contributed by atoms with Gasteiger partial charge in [0.1, 0.15) is 11.5 Å². The van der Waals surface area contributed by atoms with E-state index in [0.29, 0.717) is 41.6 Å². The Kier molecular flexibility index (Phi) is 7.80. The molecular weight excluding hydrogens is 420 g/mol. The second kappa shape index (κ2) is 10.7. The third-order valence-corrected chi connectivity index (χ3v) is 5.40. The smallest absolute Gasteiger partial charge is 0.338 e. The first kappa shape index (κ1) is 22.5. The zero-order valence-corrected chi connectivity index (χ0v) is 18.4. The summed E-state index contributed by atoms with van der Waals surface area (Å²) in [7, 11) is 3.19. The van der Waals surface area contributed by atoms with E-state index in [0.717, 1.165) is 10.2 Å². The minimum atomic E-state index is -0.417. The van der Waals surface area contributed by atoms with Gasteiger partial charge in [0.15, 0.2) is 11.4 Å². The van der Waals surface area contributed by atoms with E-state index < -0.39 is 5.91 Å². The van der Waals surface area contributed by atoms with E-state index in [9.17, 15) is 9.59 Å². The molecule has 164 valence electrons. The molecule has 1 heterocycles. The van der Waals surface area contributed by atoms with Gasteiger partial charge in [-0.05, 0) is 49.4 Å². The van der Waals surface area contributed by atoms with Gasteiger partial charge in [-0.2, -0.15) is 4.99 Å². The second-order valence-corrected chi connectivity index (χ2v) is 7.41. The first-order valence-electron chi connectivity index (χ1n) is 9.69. The van der Waals surface area contributed by atoms with Gasteiger partial charge in [0.2, 0.25) is 0 Å². The molecule has 0 radical (unpaired) electrons. The number of fused-ring (bicyclic) bond motifs is 1. The van der Waals surface area contributed by atoms with E-state index in [-0.39, 0.29) is 12.6 Å². The number of benzene rings is 2. The number of rotatable bonds is 9. The average molecular weight is 445 g/mol. The molecule has 3 rings (SSSR count). The van der Waals surface area contributed by atoms with Crippen molar-refractivity contribution in [1.29, 1.82) is 0 Å². The van der Waals surface area contributed by atoms with Crippen LogP contribution in [0.3, 0.4) is 0 Å². The predicted molar refractivity (Wildman–Crippen MR) is 117 cm³/mol. The van der Waals surface area contributed by atoms with E-state index in [1.165, 1.54) is 11.3 Å². The SMILES string of the molecule is CCOC(=O)c1ccc2c(c1)sc(=NC(=O)COc1ccc(OC)cc1)n2CCOC. The molecule has 1 aromatic heterocycles. The largest absolute Gasteiger partial charge is 0.497 e. The molecule has 0 atom stereocenters. The monoisotopic (exact) mass is 444 g/mol. The van der Waals surface area contributed by atoms with Crippen LogP contribution in [0.5, 0.6) is 11.5 Å². The summed E-state index contributed by atoms with van der Waals surface area (Å²) in [4.78, 5) is 29.2. The summed E-state index contributed by atoms with van der Waals surface area (Å²) in [6, 6.07) is 12.2. The van der Waals surface area contributed by atoms with Gasteiger partial charge >= 0.3 is 5.97 Å². The molecule has 3 aromatic rings. The molecule has 8 nitrogen and oxygen atoms in total. The number of aromatic nitrogens is 1. The van der Waals surface area contributed by atoms with Gasteiger partial charge in [0.05, 0.1) is 36.1 Å². The van der Waals surface area contributed by atoms with Gasteiger partial charge < -0.3 is 23.5 Å². The maximum Gasteiger partial charge on any atom is 0.338 e. The molecule has 0 unspecified atom stereocenters. The van der Waals surface area contributed by atoms with Gasteiger partial charge in [0, 0.05) is 13.7 Å². The van der Waals surface area contributed by atoms with Crippen LogP contribution in [0.2, 0.25) is 0 Å². The summed E-state index contributed by atoms with van der Waals surface area (Å²) in [5, 5.41) is 0. The van der Waals surface area contributed by atoms with E-state index in [1.807, 2.05) is 10.6 Å². The van der Waals surface area contributed by atoms with Crippen LogP contribution in [0.15, 0.2) is 47.5 Å². The summed E-state index contributed by atoms with van der Waals surface area (Å²) >= 11 is 1.32. The fourth-order valence-corrected chi connectivity index (χ4v) is 3.97. The molecule has 0 bridgehead atoms. The zero-order valence-electron chi connectivity index (χ0n) is 17.6. The highest BCUT2D eigenvalue weighted by Gasteiger charge is 2.13. The van der Waals surface area contributed by atoms with Crippen LogP contribution in [0.25, 0.3) is 10.2 Å². The first-order valence-corrected chi connectivity index (χ1v) is 10.5. The number of hydrogen-bond donors (Lipinski definition) is 0. The maximum absolute atomic E-state index is 12.4. The lowest BCUT2D eigenvalue weighted by molar-refractivity contribution is -0.120. The van der Waals surface area contributed by atoms with Gasteiger partial charge in [0.25, 0.3) is 5.91 Å². The summed E-state index contributed by atoms with van der Waals surface area (Å²) in [5.41, 5.74) is 1.31. The lowest BCUT2D eigenvalue weighted by Gasteiger charge is -2.06. The van der Waals surface area contributed by atoms with Gasteiger partial charge in [-0.15, -0.1) is 0 Å². The molecule has 2 aromatic carbocycles. The highest BCUT2D eigenvalue weighted by atomic mass is 32.1. The molecule has 0 spiro atoms. The zero-order chi connectivity index (χ0) is 22.2. The quantitative estimate of drug-likeness (QED) is 0.472. The van der Waals surface area contributed by atoms with E-state index in [2.05, 4.69) is 4.99 Å². The number of nitrogens with zero attached hydrogens (tertiary/aromatic N) is 2. The Hall–Kier alpha value is -3.17. The molecule has 0 saturated heterocycles. The molecule has 0 aliphatic carbocycles. The predicted octanol–water partition coefficient (Wildman–Crippen LogP) is 3.04. The van der Waals surface area contributed by atoms with Crippen molar-refractivity contribution in [1.82, 2.24) is 4.57 Å². The highest BCUT2D eigenvalue weighted by molar-refractivity contribution is 7.16. The lowest BCUT2D eigenvalue weighted by Crippen LogP contribution is -2.21. The van der Waals surface area contributed by atoms with Crippen LogP contribution < -0.4 is 14.3 Å². The van der Waals surface area contributed by atoms with Crippen LogP contribution in [0.1, 0.15) is 17.3 Å². The molecule has 0 saturated carbocycles. The van der Waals surface area contributed by atoms with Crippen molar-refractivity contribution in [2.24, 2.45) is 4.99 Å². The highest BCUT2D eigenvalue weighted by Crippen LogP contribution is 2.20. The Bertz CT molecular complexity index is 1120. The minimum Gasteiger partial charge on any atom is -0.497 e. The van der Waals surface area contributed by atoms with Gasteiger partial charge in [-0.1, -0.05) is 11.3 Å². The molecule has 0 aliphatic heterocycles. The molecule has 1 amide bonds. The Morgan fingerprint density at radius 3 is 2.48 bits per heavy atom. The van der Waals surface area contributed by atoms with Crippen molar-refractivity contribution in [3.63, 3.8) is 0 Å². The Morgan fingerprint density at radius 1 is 1.06 bits per heavy atom. The maximum atomic E-state index is 12.4. The molecule has 0 N–H and O–H groups in total. The Morgan fingerprint density at radius 2 is 1.81 bits per heavy atom. The van der Waals surface area contributed by atoms with Crippen LogP contribution in [-0.2, 0) is 20.8 Å². The van der Waals surface area contributed by atoms with Crippen molar-refractivity contribution in [2.75, 3.05) is 34.0 Å². The number of esters is 1. The number of carbonyl (C=O) groups excluding carboxylic acids is 2. The second-order valence-electron chi connectivity index (χ2n) is 6.40. The van der Waals surface area contributed by atoms with Crippen LogP contribution in [0.4, 0.5) is 0 Å². The molecule has 0 aliphatic rings. The molecule has 9 heteroatoms. The summed E-state index contributed by atoms with van der Waals surface area (Å²) in [6.45, 7) is 2.84. The summed E-state index contributed by atoms with van der Waals surface area (Å²) in [6.07, 6.45) is 0. The number of hydrogen-bond acceptors (Lipinski definition) is 7. The Labute approximate surface area is 183 Å².